The molecule has 0 radical (unpaired) electrons. The molecule has 1 N–H and O–H groups in total. The van der Waals surface area contributed by atoms with Crippen LogP contribution in [-0.2, 0) is 27.2 Å². The first-order valence-electron chi connectivity index (χ1n) is 15.5. The van der Waals surface area contributed by atoms with Gasteiger partial charge in [-0.15, -0.1) is 0 Å². The van der Waals surface area contributed by atoms with Gasteiger partial charge < -0.3 is 19.5 Å². The molecule has 2 aliphatic heterocycles. The monoisotopic (exact) mass is 622 g/mol. The molecule has 2 aromatic heterocycles. The Balaban J connectivity index is 1.08. The van der Waals surface area contributed by atoms with Crippen LogP contribution in [0.1, 0.15) is 18.1 Å². The standard InChI is InChI=1S/C35H35FN6O4/c1-2-44-32-17-30-29(16-24(32)15-28(43)7-4-10-41-20-33-34(21-41)46-12-11-45-33)35(38-22-37-30)40-27-8-9-31-25(14-27)18-39-42(31)19-23-5-3-6-26(36)13-23/h3-9,13-14,16-18,22,33-34H,2,10-12,15,19-21H2,1H3,(H,37,38,40)/b7-4+/t33-,34+. The molecule has 2 fully saturated rings. The van der Waals surface area contributed by atoms with Crippen molar-refractivity contribution in [2.75, 3.05) is 44.8 Å². The Hall–Kier alpha value is -4.71. The molecule has 2 atom stereocenters. The lowest BCUT2D eigenvalue weighted by atomic mass is 10.0. The third kappa shape index (κ3) is 6.62. The van der Waals surface area contributed by atoms with Crippen LogP contribution in [0.15, 0.2) is 79.3 Å². The van der Waals surface area contributed by atoms with E-state index in [9.17, 15) is 9.18 Å². The number of likely N-dealkylation sites (tertiary alicyclic amines) is 1. The van der Waals surface area contributed by atoms with Crippen LogP contribution in [-0.4, -0.2) is 82.1 Å². The fraction of sp³-hybridized carbons (Fsp3) is 0.314. The zero-order chi connectivity index (χ0) is 31.5. The number of fused-ring (bicyclic) bond motifs is 3. The van der Waals surface area contributed by atoms with Crippen molar-refractivity contribution in [3.63, 3.8) is 0 Å². The predicted molar refractivity (Wildman–Crippen MR) is 173 cm³/mol. The van der Waals surface area contributed by atoms with Crippen LogP contribution in [0.25, 0.3) is 21.8 Å². The van der Waals surface area contributed by atoms with Crippen molar-refractivity contribution < 1.29 is 23.4 Å². The Morgan fingerprint density at radius 3 is 2.74 bits per heavy atom. The van der Waals surface area contributed by atoms with Gasteiger partial charge in [0.1, 0.15) is 23.7 Å². The largest absolute Gasteiger partial charge is 0.494 e. The third-order valence-corrected chi connectivity index (χ3v) is 8.31. The van der Waals surface area contributed by atoms with Crippen molar-refractivity contribution in [1.82, 2.24) is 24.6 Å². The molecule has 4 heterocycles. The molecule has 2 saturated heterocycles. The molecule has 7 rings (SSSR count). The van der Waals surface area contributed by atoms with E-state index in [1.165, 1.54) is 18.5 Å². The number of halogens is 1. The van der Waals surface area contributed by atoms with Gasteiger partial charge in [0.05, 0.1) is 55.8 Å². The van der Waals surface area contributed by atoms with E-state index in [2.05, 4.69) is 25.3 Å². The summed E-state index contributed by atoms with van der Waals surface area (Å²) in [5, 5.41) is 9.65. The molecule has 5 aromatic rings. The van der Waals surface area contributed by atoms with Gasteiger partial charge in [-0.3, -0.25) is 14.4 Å². The number of hydrogen-bond acceptors (Lipinski definition) is 9. The van der Waals surface area contributed by atoms with E-state index in [1.54, 1.807) is 18.3 Å². The summed E-state index contributed by atoms with van der Waals surface area (Å²) < 4.78 is 33.1. The third-order valence-electron chi connectivity index (χ3n) is 8.31. The second-order valence-corrected chi connectivity index (χ2v) is 11.5. The van der Waals surface area contributed by atoms with E-state index >= 15 is 0 Å². The highest BCUT2D eigenvalue weighted by atomic mass is 19.1. The minimum Gasteiger partial charge on any atom is -0.494 e. The number of anilines is 2. The molecule has 0 saturated carbocycles. The fourth-order valence-electron chi connectivity index (χ4n) is 6.16. The van der Waals surface area contributed by atoms with Crippen LogP contribution in [0, 0.1) is 5.82 Å². The average Bonchev–Trinajstić information content (AvgIpc) is 3.65. The van der Waals surface area contributed by atoms with E-state index in [0.717, 1.165) is 46.2 Å². The summed E-state index contributed by atoms with van der Waals surface area (Å²) in [5.74, 6) is 0.961. The van der Waals surface area contributed by atoms with Crippen molar-refractivity contribution in [1.29, 1.82) is 0 Å². The normalized spacial score (nSPS) is 18.4. The summed E-state index contributed by atoms with van der Waals surface area (Å²) >= 11 is 0. The van der Waals surface area contributed by atoms with E-state index in [-0.39, 0.29) is 30.2 Å². The molecule has 10 nitrogen and oxygen atoms in total. The number of aromatic nitrogens is 4. The lowest BCUT2D eigenvalue weighted by Gasteiger charge is -2.24. The van der Waals surface area contributed by atoms with Gasteiger partial charge in [0.15, 0.2) is 5.78 Å². The molecule has 0 spiro atoms. The number of carbonyl (C=O) groups excluding carboxylic acids is 1. The fourth-order valence-corrected chi connectivity index (χ4v) is 6.16. The minimum atomic E-state index is -0.267. The van der Waals surface area contributed by atoms with Crippen molar-refractivity contribution in [2.45, 2.75) is 32.1 Å². The quantitative estimate of drug-likeness (QED) is 0.202. The highest BCUT2D eigenvalue weighted by Crippen LogP contribution is 2.31. The summed E-state index contributed by atoms with van der Waals surface area (Å²) in [4.78, 5) is 24.3. The summed E-state index contributed by atoms with van der Waals surface area (Å²) in [5.41, 5.74) is 4.07. The number of allylic oxidation sites excluding steroid dienone is 1. The van der Waals surface area contributed by atoms with E-state index in [4.69, 9.17) is 14.2 Å². The van der Waals surface area contributed by atoms with Crippen LogP contribution in [0.3, 0.4) is 0 Å². The van der Waals surface area contributed by atoms with Gasteiger partial charge in [-0.25, -0.2) is 14.4 Å². The topological polar surface area (TPSA) is 104 Å². The first kappa shape index (κ1) is 30.0. The Kier molecular flexibility index (Phi) is 8.69. The van der Waals surface area contributed by atoms with Gasteiger partial charge >= 0.3 is 0 Å². The van der Waals surface area contributed by atoms with Crippen LogP contribution >= 0.6 is 0 Å². The highest BCUT2D eigenvalue weighted by Gasteiger charge is 2.35. The van der Waals surface area contributed by atoms with Gasteiger partial charge in [-0.1, -0.05) is 18.2 Å². The van der Waals surface area contributed by atoms with Crippen molar-refractivity contribution >= 4 is 39.1 Å². The maximum absolute atomic E-state index is 13.7. The van der Waals surface area contributed by atoms with Crippen LogP contribution in [0.2, 0.25) is 0 Å². The number of ether oxygens (including phenoxy) is 3. The molecule has 0 bridgehead atoms. The first-order valence-corrected chi connectivity index (χ1v) is 15.5. The number of ketones is 1. The van der Waals surface area contributed by atoms with Gasteiger partial charge in [-0.2, -0.15) is 5.10 Å². The average molecular weight is 623 g/mol. The van der Waals surface area contributed by atoms with Crippen molar-refractivity contribution in [2.24, 2.45) is 0 Å². The van der Waals surface area contributed by atoms with Crippen LogP contribution in [0.5, 0.6) is 5.75 Å². The van der Waals surface area contributed by atoms with Gasteiger partial charge in [-0.05, 0) is 55.0 Å². The molecule has 46 heavy (non-hydrogen) atoms. The number of nitrogens with one attached hydrogen (secondary N) is 1. The molecular formula is C35H35FN6O4. The summed E-state index contributed by atoms with van der Waals surface area (Å²) in [6.45, 7) is 6.40. The Morgan fingerprint density at radius 1 is 1.09 bits per heavy atom. The summed E-state index contributed by atoms with van der Waals surface area (Å²) in [7, 11) is 0. The smallest absolute Gasteiger partial charge is 0.159 e. The van der Waals surface area contributed by atoms with Gasteiger partial charge in [0.25, 0.3) is 0 Å². The van der Waals surface area contributed by atoms with Crippen LogP contribution in [0.4, 0.5) is 15.9 Å². The summed E-state index contributed by atoms with van der Waals surface area (Å²) in [6, 6.07) is 16.3. The SMILES string of the molecule is CCOc1cc2ncnc(Nc3ccc4c(cnn4Cc4cccc(F)c4)c3)c2cc1CC(=O)/C=C/CN1C[C@@H]2OCCO[C@@H]2C1. The maximum Gasteiger partial charge on any atom is 0.159 e. The molecule has 0 unspecified atom stereocenters. The Morgan fingerprint density at radius 2 is 1.93 bits per heavy atom. The van der Waals surface area contributed by atoms with Crippen LogP contribution < -0.4 is 10.1 Å². The second kappa shape index (κ2) is 13.3. The van der Waals surface area contributed by atoms with E-state index < -0.39 is 0 Å². The first-order chi connectivity index (χ1) is 22.5. The Bertz CT molecular complexity index is 1900. The lowest BCUT2D eigenvalue weighted by molar-refractivity contribution is -0.116. The van der Waals surface area contributed by atoms with Crippen molar-refractivity contribution in [3.8, 4) is 5.75 Å². The molecule has 3 aromatic carbocycles. The second-order valence-electron chi connectivity index (χ2n) is 11.5. The number of rotatable bonds is 11. The molecule has 0 amide bonds. The highest BCUT2D eigenvalue weighted by molar-refractivity contribution is 5.96. The van der Waals surface area contributed by atoms with Gasteiger partial charge in [0, 0.05) is 54.1 Å². The molecule has 11 heteroatoms. The predicted octanol–water partition coefficient (Wildman–Crippen LogP) is 5.08. The number of hydrogen-bond donors (Lipinski definition) is 1. The number of nitrogens with zero attached hydrogens (tertiary/aromatic N) is 5. The van der Waals surface area contributed by atoms with E-state index in [1.807, 2.05) is 54.1 Å². The number of benzene rings is 3. The zero-order valence-corrected chi connectivity index (χ0v) is 25.6. The molecular weight excluding hydrogens is 587 g/mol. The van der Waals surface area contributed by atoms with Crippen molar-refractivity contribution in [3.05, 3.63) is 96.2 Å². The molecule has 2 aliphatic rings. The molecule has 0 aliphatic carbocycles. The van der Waals surface area contributed by atoms with Gasteiger partial charge in [0.2, 0.25) is 0 Å². The van der Waals surface area contributed by atoms with E-state index in [0.29, 0.717) is 50.0 Å². The maximum atomic E-state index is 13.7. The lowest BCUT2D eigenvalue weighted by Crippen LogP contribution is -2.36. The summed E-state index contributed by atoms with van der Waals surface area (Å²) in [6.07, 6.45) is 7.27. The number of carbonyl (C=O) groups is 1. The Labute approximate surface area is 265 Å². The minimum absolute atomic E-state index is 0.0171. The zero-order valence-electron chi connectivity index (χ0n) is 25.6. The molecule has 236 valence electrons.